The molecule has 0 heterocycles. The summed E-state index contributed by atoms with van der Waals surface area (Å²) >= 11 is 6.51. The standard InChI is InChI=1S/C25H37ClN2O3/c1-15(12-13-25(5)16(2)9-11-21(27)18(25)4)8-10-19-23(29)20(14-28-31-7)17(3)22(26)24(19)30-6/h8,12-14,16,18,21,29H,9-11,27H2,1-7H3/b13-12+,15-8+,28-14+/t16-,18+,21-,25+/m1/s1. The van der Waals surface area contributed by atoms with E-state index in [0.717, 1.165) is 18.4 Å². The van der Waals surface area contributed by atoms with Crippen molar-refractivity contribution in [2.45, 2.75) is 59.9 Å². The number of aromatic hydroxyl groups is 1. The van der Waals surface area contributed by atoms with Gasteiger partial charge in [-0.2, -0.15) is 0 Å². The number of rotatable bonds is 7. The minimum atomic E-state index is 0.0591. The third kappa shape index (κ3) is 5.27. The lowest BCUT2D eigenvalue weighted by Crippen LogP contribution is -2.46. The average molecular weight is 449 g/mol. The summed E-state index contributed by atoms with van der Waals surface area (Å²) in [6.07, 6.45) is 10.7. The van der Waals surface area contributed by atoms with Crippen LogP contribution in [-0.2, 0) is 11.3 Å². The Labute approximate surface area is 191 Å². The van der Waals surface area contributed by atoms with Gasteiger partial charge in [-0.3, -0.25) is 0 Å². The van der Waals surface area contributed by atoms with Crippen LogP contribution in [0.3, 0.4) is 0 Å². The van der Waals surface area contributed by atoms with Crippen LogP contribution < -0.4 is 10.5 Å². The highest BCUT2D eigenvalue weighted by molar-refractivity contribution is 6.33. The second kappa shape index (κ2) is 10.6. The van der Waals surface area contributed by atoms with Gasteiger partial charge >= 0.3 is 0 Å². The molecular weight excluding hydrogens is 412 g/mol. The van der Waals surface area contributed by atoms with Gasteiger partial charge in [-0.15, -0.1) is 0 Å². The fourth-order valence-electron chi connectivity index (χ4n) is 4.41. The number of phenols is 1. The normalized spacial score (nSPS) is 27.3. The highest BCUT2D eigenvalue weighted by Gasteiger charge is 2.40. The lowest BCUT2D eigenvalue weighted by molar-refractivity contribution is 0.0952. The summed E-state index contributed by atoms with van der Waals surface area (Å²) in [5, 5.41) is 15.1. The molecule has 0 saturated heterocycles. The first-order valence-corrected chi connectivity index (χ1v) is 11.2. The molecular formula is C25H37ClN2O3. The molecule has 0 aromatic heterocycles. The fourth-order valence-corrected chi connectivity index (χ4v) is 4.70. The molecule has 0 aliphatic heterocycles. The number of allylic oxidation sites excluding steroid dienone is 4. The zero-order valence-corrected chi connectivity index (χ0v) is 20.6. The molecule has 172 valence electrons. The summed E-state index contributed by atoms with van der Waals surface area (Å²) in [4.78, 5) is 4.77. The van der Waals surface area contributed by atoms with Crippen molar-refractivity contribution in [3.05, 3.63) is 45.5 Å². The molecule has 3 N–H and O–H groups in total. The SMILES string of the molecule is CO/N=C/c1c(C)c(Cl)c(OC)c(C/C=C(C)/C=C/[C@@]2(C)[C@H](C)CC[C@@H](N)[C@@H]2C)c1O. The topological polar surface area (TPSA) is 77.1 Å². The molecule has 1 fully saturated rings. The maximum absolute atomic E-state index is 10.9. The van der Waals surface area contributed by atoms with Gasteiger partial charge in [-0.05, 0) is 55.9 Å². The van der Waals surface area contributed by atoms with E-state index in [4.69, 9.17) is 26.9 Å². The first-order valence-electron chi connectivity index (χ1n) is 10.8. The van der Waals surface area contributed by atoms with Crippen LogP contribution in [0.2, 0.25) is 5.02 Å². The molecule has 0 amide bonds. The molecule has 4 atom stereocenters. The molecule has 1 saturated carbocycles. The maximum Gasteiger partial charge on any atom is 0.144 e. The smallest absolute Gasteiger partial charge is 0.144 e. The summed E-state index contributed by atoms with van der Waals surface area (Å²) in [5.41, 5.74) is 9.35. The van der Waals surface area contributed by atoms with Crippen molar-refractivity contribution in [3.63, 3.8) is 0 Å². The van der Waals surface area contributed by atoms with Crippen molar-refractivity contribution in [1.82, 2.24) is 0 Å². The summed E-state index contributed by atoms with van der Waals surface area (Å²) < 4.78 is 5.51. The van der Waals surface area contributed by atoms with Crippen LogP contribution in [0.5, 0.6) is 11.5 Å². The van der Waals surface area contributed by atoms with Crippen molar-refractivity contribution in [3.8, 4) is 11.5 Å². The number of hydrogen-bond donors (Lipinski definition) is 2. The van der Waals surface area contributed by atoms with E-state index in [1.807, 2.05) is 6.92 Å². The van der Waals surface area contributed by atoms with Crippen LogP contribution >= 0.6 is 11.6 Å². The van der Waals surface area contributed by atoms with Crippen molar-refractivity contribution >= 4 is 17.8 Å². The maximum atomic E-state index is 10.9. The number of nitrogens with zero attached hydrogens (tertiary/aromatic N) is 1. The molecule has 0 radical (unpaired) electrons. The van der Waals surface area contributed by atoms with Crippen LogP contribution in [0.4, 0.5) is 0 Å². The lowest BCUT2D eigenvalue weighted by atomic mass is 9.60. The zero-order valence-electron chi connectivity index (χ0n) is 19.8. The Bertz CT molecular complexity index is 878. The Morgan fingerprint density at radius 2 is 2.00 bits per heavy atom. The number of benzene rings is 1. The first kappa shape index (κ1) is 25.3. The summed E-state index contributed by atoms with van der Waals surface area (Å²) in [6.45, 7) is 10.7. The highest BCUT2D eigenvalue weighted by atomic mass is 35.5. The number of oxime groups is 1. The number of ether oxygens (including phenoxy) is 1. The second-order valence-electron chi connectivity index (χ2n) is 8.91. The third-order valence-electron chi connectivity index (χ3n) is 7.19. The van der Waals surface area contributed by atoms with Crippen molar-refractivity contribution in [1.29, 1.82) is 0 Å². The highest BCUT2D eigenvalue weighted by Crippen LogP contribution is 2.46. The zero-order chi connectivity index (χ0) is 23.3. The Kier molecular flexibility index (Phi) is 8.61. The van der Waals surface area contributed by atoms with E-state index in [1.54, 1.807) is 7.11 Å². The molecule has 0 unspecified atom stereocenters. The van der Waals surface area contributed by atoms with E-state index in [0.29, 0.717) is 45.7 Å². The van der Waals surface area contributed by atoms with Crippen LogP contribution in [0.25, 0.3) is 0 Å². The number of methoxy groups -OCH3 is 1. The van der Waals surface area contributed by atoms with Gasteiger partial charge < -0.3 is 20.4 Å². The average Bonchev–Trinajstić information content (AvgIpc) is 2.75. The van der Waals surface area contributed by atoms with Crippen molar-refractivity contribution in [2.24, 2.45) is 28.1 Å². The quantitative estimate of drug-likeness (QED) is 0.314. The van der Waals surface area contributed by atoms with Gasteiger partial charge in [0.2, 0.25) is 0 Å². The largest absolute Gasteiger partial charge is 0.507 e. The van der Waals surface area contributed by atoms with E-state index in [-0.39, 0.29) is 17.2 Å². The molecule has 2 rings (SSSR count). The van der Waals surface area contributed by atoms with Gasteiger partial charge in [0.1, 0.15) is 18.6 Å². The molecule has 1 aromatic carbocycles. The predicted molar refractivity (Wildman–Crippen MR) is 129 cm³/mol. The third-order valence-corrected chi connectivity index (χ3v) is 7.65. The molecule has 0 bridgehead atoms. The molecule has 0 spiro atoms. The molecule has 6 heteroatoms. The molecule has 1 aromatic rings. The fraction of sp³-hybridized carbons (Fsp3) is 0.560. The van der Waals surface area contributed by atoms with Gasteiger partial charge in [0.25, 0.3) is 0 Å². The summed E-state index contributed by atoms with van der Waals surface area (Å²) in [5.74, 6) is 1.57. The second-order valence-corrected chi connectivity index (χ2v) is 9.29. The van der Waals surface area contributed by atoms with Crippen LogP contribution in [0.1, 0.15) is 57.2 Å². The van der Waals surface area contributed by atoms with Crippen LogP contribution in [-0.4, -0.2) is 31.6 Å². The van der Waals surface area contributed by atoms with Crippen LogP contribution in [0.15, 0.2) is 29.0 Å². The van der Waals surface area contributed by atoms with E-state index >= 15 is 0 Å². The van der Waals surface area contributed by atoms with E-state index in [2.05, 4.69) is 51.1 Å². The van der Waals surface area contributed by atoms with Gasteiger partial charge in [0, 0.05) is 17.2 Å². The number of phenolic OH excluding ortho intramolecular Hbond substituents is 1. The van der Waals surface area contributed by atoms with E-state index < -0.39 is 0 Å². The lowest BCUT2D eigenvalue weighted by Gasteiger charge is -2.46. The van der Waals surface area contributed by atoms with Gasteiger partial charge in [0.15, 0.2) is 0 Å². The Balaban J connectivity index is 2.35. The number of nitrogens with two attached hydrogens (primary N) is 1. The molecule has 31 heavy (non-hydrogen) atoms. The van der Waals surface area contributed by atoms with Crippen molar-refractivity contribution in [2.75, 3.05) is 14.2 Å². The van der Waals surface area contributed by atoms with Gasteiger partial charge in [-0.1, -0.05) is 61.3 Å². The number of halogens is 1. The van der Waals surface area contributed by atoms with Crippen molar-refractivity contribution < 1.29 is 14.7 Å². The van der Waals surface area contributed by atoms with Gasteiger partial charge in [0.05, 0.1) is 18.3 Å². The summed E-state index contributed by atoms with van der Waals surface area (Å²) in [7, 11) is 3.01. The van der Waals surface area contributed by atoms with E-state index in [1.165, 1.54) is 13.3 Å². The van der Waals surface area contributed by atoms with Crippen LogP contribution in [0, 0.1) is 24.2 Å². The molecule has 1 aliphatic rings. The summed E-state index contributed by atoms with van der Waals surface area (Å²) in [6, 6.07) is 0.234. The Hall–Kier alpha value is -1.98. The monoisotopic (exact) mass is 448 g/mol. The first-order chi connectivity index (χ1) is 14.6. The Morgan fingerprint density at radius 3 is 2.61 bits per heavy atom. The van der Waals surface area contributed by atoms with E-state index in [9.17, 15) is 5.11 Å². The molecule has 1 aliphatic carbocycles. The minimum Gasteiger partial charge on any atom is -0.507 e. The number of hydrogen-bond acceptors (Lipinski definition) is 5. The predicted octanol–water partition coefficient (Wildman–Crippen LogP) is 5.79. The van der Waals surface area contributed by atoms with Gasteiger partial charge in [-0.25, -0.2) is 0 Å². The Morgan fingerprint density at radius 1 is 1.32 bits per heavy atom. The molecule has 5 nitrogen and oxygen atoms in total. The minimum absolute atomic E-state index is 0.0591.